The second kappa shape index (κ2) is 11.9. The van der Waals surface area contributed by atoms with Gasteiger partial charge in [-0.15, -0.1) is 0 Å². The SMILES string of the molecule is CCCCCOC(=O)C1=C(C)NC2=C(C(=O)CC(C)(C)C2)[C@H]1c1ccc(OCc2ccccc2)c(OC)c1. The summed E-state index contributed by atoms with van der Waals surface area (Å²) in [5.41, 5.74) is 4.44. The molecule has 6 heteroatoms. The predicted molar refractivity (Wildman–Crippen MR) is 148 cm³/mol. The van der Waals surface area contributed by atoms with Crippen LogP contribution in [0.2, 0.25) is 0 Å². The Kier molecular flexibility index (Phi) is 8.60. The molecule has 1 N–H and O–H groups in total. The van der Waals surface area contributed by atoms with Crippen LogP contribution in [-0.2, 0) is 20.9 Å². The summed E-state index contributed by atoms with van der Waals surface area (Å²) >= 11 is 0. The molecule has 0 saturated carbocycles. The maximum atomic E-state index is 13.6. The number of ketones is 1. The van der Waals surface area contributed by atoms with E-state index >= 15 is 0 Å². The van der Waals surface area contributed by atoms with E-state index in [1.807, 2.05) is 55.5 Å². The fourth-order valence-corrected chi connectivity index (χ4v) is 5.35. The van der Waals surface area contributed by atoms with Gasteiger partial charge in [0.1, 0.15) is 6.61 Å². The van der Waals surface area contributed by atoms with Gasteiger partial charge >= 0.3 is 5.97 Å². The molecule has 0 radical (unpaired) electrons. The van der Waals surface area contributed by atoms with Crippen molar-refractivity contribution in [2.45, 2.75) is 72.3 Å². The normalized spacial score (nSPS) is 18.6. The Hall–Kier alpha value is -3.54. The molecule has 1 atom stereocenters. The Morgan fingerprint density at radius 2 is 1.82 bits per heavy atom. The minimum Gasteiger partial charge on any atom is -0.493 e. The van der Waals surface area contributed by atoms with Gasteiger partial charge in [0.25, 0.3) is 0 Å². The summed E-state index contributed by atoms with van der Waals surface area (Å²) in [6.07, 6.45) is 4.02. The quantitative estimate of drug-likeness (QED) is 0.282. The summed E-state index contributed by atoms with van der Waals surface area (Å²) in [6, 6.07) is 15.6. The number of carbonyl (C=O) groups excluding carboxylic acids is 2. The van der Waals surface area contributed by atoms with Crippen molar-refractivity contribution < 1.29 is 23.8 Å². The summed E-state index contributed by atoms with van der Waals surface area (Å²) in [5, 5.41) is 3.40. The van der Waals surface area contributed by atoms with Crippen LogP contribution in [0.5, 0.6) is 11.5 Å². The number of Topliss-reactive ketones (excluding diaryl/α,β-unsaturated/α-hetero) is 1. The van der Waals surface area contributed by atoms with Crippen molar-refractivity contribution in [1.82, 2.24) is 5.32 Å². The van der Waals surface area contributed by atoms with Gasteiger partial charge in [0.15, 0.2) is 17.3 Å². The standard InChI is InChI=1S/C32H39NO5/c1-6-7-11-16-37-31(35)28-21(2)33-24-18-32(3,4)19-25(34)30(24)29(28)23-14-15-26(27(17-23)36-5)38-20-22-12-9-8-10-13-22/h8-10,12-15,17,29,33H,6-7,11,16,18-20H2,1-5H3/t29-/m0/s1. The number of nitrogens with one attached hydrogen (secondary N) is 1. The summed E-state index contributed by atoms with van der Waals surface area (Å²) in [6.45, 7) is 8.97. The number of hydrogen-bond acceptors (Lipinski definition) is 6. The number of unbranched alkanes of at least 4 members (excludes halogenated alkanes) is 2. The second-order valence-corrected chi connectivity index (χ2v) is 11.0. The van der Waals surface area contributed by atoms with Crippen molar-refractivity contribution >= 4 is 11.8 Å². The number of dihydropyridines is 1. The third kappa shape index (κ3) is 6.12. The molecule has 1 aliphatic carbocycles. The molecule has 0 bridgehead atoms. The molecule has 2 aromatic rings. The van der Waals surface area contributed by atoms with Gasteiger partial charge in [-0.05, 0) is 48.4 Å². The molecule has 1 aliphatic heterocycles. The largest absolute Gasteiger partial charge is 0.493 e. The van der Waals surface area contributed by atoms with Crippen molar-refractivity contribution in [1.29, 1.82) is 0 Å². The predicted octanol–water partition coefficient (Wildman–Crippen LogP) is 6.61. The molecule has 6 nitrogen and oxygen atoms in total. The van der Waals surface area contributed by atoms with Gasteiger partial charge in [-0.2, -0.15) is 0 Å². The van der Waals surface area contributed by atoms with E-state index in [-0.39, 0.29) is 17.2 Å². The highest BCUT2D eigenvalue weighted by Crippen LogP contribution is 2.48. The number of methoxy groups -OCH3 is 1. The van der Waals surface area contributed by atoms with Crippen molar-refractivity contribution in [2.75, 3.05) is 13.7 Å². The first-order valence-corrected chi connectivity index (χ1v) is 13.5. The van der Waals surface area contributed by atoms with E-state index in [9.17, 15) is 9.59 Å². The van der Waals surface area contributed by atoms with Gasteiger partial charge < -0.3 is 19.5 Å². The number of ether oxygens (including phenoxy) is 3. The van der Waals surface area contributed by atoms with Crippen LogP contribution >= 0.6 is 0 Å². The molecule has 2 aliphatic rings. The lowest BCUT2D eigenvalue weighted by molar-refractivity contribution is -0.139. The van der Waals surface area contributed by atoms with E-state index in [1.54, 1.807) is 7.11 Å². The van der Waals surface area contributed by atoms with Gasteiger partial charge in [0, 0.05) is 29.3 Å². The Morgan fingerprint density at radius 1 is 1.05 bits per heavy atom. The molecule has 0 saturated heterocycles. The van der Waals surface area contributed by atoms with E-state index < -0.39 is 5.92 Å². The van der Waals surface area contributed by atoms with Gasteiger partial charge in [-0.1, -0.05) is 70.0 Å². The van der Waals surface area contributed by atoms with Gasteiger partial charge in [0.05, 0.1) is 19.3 Å². The van der Waals surface area contributed by atoms with Crippen LogP contribution in [-0.4, -0.2) is 25.5 Å². The van der Waals surface area contributed by atoms with Crippen LogP contribution in [0.25, 0.3) is 0 Å². The van der Waals surface area contributed by atoms with Crippen LogP contribution in [0.1, 0.15) is 76.8 Å². The molecule has 0 fully saturated rings. The van der Waals surface area contributed by atoms with E-state index in [4.69, 9.17) is 14.2 Å². The molecular weight excluding hydrogens is 478 g/mol. The smallest absolute Gasteiger partial charge is 0.336 e. The highest BCUT2D eigenvalue weighted by atomic mass is 16.5. The fraction of sp³-hybridized carbons (Fsp3) is 0.438. The maximum Gasteiger partial charge on any atom is 0.336 e. The fourth-order valence-electron chi connectivity index (χ4n) is 5.35. The van der Waals surface area contributed by atoms with E-state index in [2.05, 4.69) is 26.1 Å². The topological polar surface area (TPSA) is 73.9 Å². The van der Waals surface area contributed by atoms with Gasteiger partial charge in [-0.3, -0.25) is 4.79 Å². The monoisotopic (exact) mass is 517 g/mol. The zero-order valence-corrected chi connectivity index (χ0v) is 23.2. The number of rotatable bonds is 10. The van der Waals surface area contributed by atoms with Gasteiger partial charge in [0.2, 0.25) is 0 Å². The number of hydrogen-bond donors (Lipinski definition) is 1. The van der Waals surface area contributed by atoms with E-state index in [0.717, 1.165) is 48.2 Å². The number of allylic oxidation sites excluding steroid dienone is 3. The molecule has 0 unspecified atom stereocenters. The molecule has 0 amide bonds. The third-order valence-corrected chi connectivity index (χ3v) is 7.20. The highest BCUT2D eigenvalue weighted by Gasteiger charge is 2.43. The lowest BCUT2D eigenvalue weighted by Gasteiger charge is -2.39. The second-order valence-electron chi connectivity index (χ2n) is 11.0. The third-order valence-electron chi connectivity index (χ3n) is 7.20. The number of benzene rings is 2. The summed E-state index contributed by atoms with van der Waals surface area (Å²) in [5.74, 6) is 0.287. The lowest BCUT2D eigenvalue weighted by atomic mass is 9.68. The minimum atomic E-state index is -0.536. The van der Waals surface area contributed by atoms with Crippen molar-refractivity contribution in [2.24, 2.45) is 5.41 Å². The van der Waals surface area contributed by atoms with Crippen LogP contribution in [0, 0.1) is 5.41 Å². The molecule has 4 rings (SSSR count). The minimum absolute atomic E-state index is 0.0564. The Balaban J connectivity index is 1.71. The summed E-state index contributed by atoms with van der Waals surface area (Å²) in [7, 11) is 1.60. The zero-order chi connectivity index (χ0) is 27.3. The lowest BCUT2D eigenvalue weighted by Crippen LogP contribution is -2.38. The van der Waals surface area contributed by atoms with Crippen LogP contribution in [0.15, 0.2) is 71.1 Å². The Bertz CT molecular complexity index is 1240. The molecule has 0 aromatic heterocycles. The van der Waals surface area contributed by atoms with E-state index in [1.165, 1.54) is 0 Å². The molecule has 202 valence electrons. The first-order valence-electron chi connectivity index (χ1n) is 13.5. The van der Waals surface area contributed by atoms with Crippen molar-refractivity contribution in [3.8, 4) is 11.5 Å². The first-order chi connectivity index (χ1) is 18.2. The average Bonchev–Trinajstić information content (AvgIpc) is 2.88. The summed E-state index contributed by atoms with van der Waals surface area (Å²) in [4.78, 5) is 27.0. The maximum absolute atomic E-state index is 13.6. The molecule has 38 heavy (non-hydrogen) atoms. The van der Waals surface area contributed by atoms with Crippen molar-refractivity contribution in [3.63, 3.8) is 0 Å². The van der Waals surface area contributed by atoms with Crippen LogP contribution < -0.4 is 14.8 Å². The molecule has 2 aromatic carbocycles. The number of carbonyl (C=O) groups is 2. The highest BCUT2D eigenvalue weighted by molar-refractivity contribution is 6.04. The Labute approximate surface area is 226 Å². The number of esters is 1. The van der Waals surface area contributed by atoms with Gasteiger partial charge in [-0.25, -0.2) is 4.79 Å². The average molecular weight is 518 g/mol. The van der Waals surface area contributed by atoms with E-state index in [0.29, 0.717) is 42.3 Å². The van der Waals surface area contributed by atoms with Crippen LogP contribution in [0.4, 0.5) is 0 Å². The molecular formula is C32H39NO5. The van der Waals surface area contributed by atoms with Crippen molar-refractivity contribution in [3.05, 3.63) is 82.2 Å². The first kappa shape index (κ1) is 27.5. The summed E-state index contributed by atoms with van der Waals surface area (Å²) < 4.78 is 17.5. The zero-order valence-electron chi connectivity index (χ0n) is 23.2. The molecule has 0 spiro atoms. The molecule has 1 heterocycles. The Morgan fingerprint density at radius 3 is 2.53 bits per heavy atom. The van der Waals surface area contributed by atoms with Crippen LogP contribution in [0.3, 0.4) is 0 Å².